The molecule has 3 rings (SSSR count). The van der Waals surface area contributed by atoms with Crippen LogP contribution in [0.2, 0.25) is 0 Å². The summed E-state index contributed by atoms with van der Waals surface area (Å²) in [4.78, 5) is 21.2. The van der Waals surface area contributed by atoms with Crippen LogP contribution in [0.3, 0.4) is 0 Å². The van der Waals surface area contributed by atoms with E-state index in [0.29, 0.717) is 36.1 Å². The number of hydrogen-bond acceptors (Lipinski definition) is 6. The third kappa shape index (κ3) is 1.86. The molecule has 0 radical (unpaired) electrons. The first-order valence-corrected chi connectivity index (χ1v) is 5.36. The van der Waals surface area contributed by atoms with Crippen molar-refractivity contribution >= 4 is 5.95 Å². The third-order valence-electron chi connectivity index (χ3n) is 2.48. The normalized spacial score (nSPS) is 13.3. The molecule has 3 N–H and O–H groups in total. The van der Waals surface area contributed by atoms with Gasteiger partial charge in [-0.05, 0) is 18.2 Å². The van der Waals surface area contributed by atoms with Crippen LogP contribution in [-0.4, -0.2) is 28.2 Å². The van der Waals surface area contributed by atoms with Crippen molar-refractivity contribution < 1.29 is 9.47 Å². The van der Waals surface area contributed by atoms with Crippen LogP contribution in [0, 0.1) is 0 Å². The minimum atomic E-state index is -0.535. The summed E-state index contributed by atoms with van der Waals surface area (Å²) < 4.78 is 10.9. The summed E-state index contributed by atoms with van der Waals surface area (Å²) in [6.07, 6.45) is 0. The van der Waals surface area contributed by atoms with Crippen molar-refractivity contribution in [2.75, 3.05) is 18.9 Å². The lowest BCUT2D eigenvalue weighted by Crippen LogP contribution is -2.16. The Bertz CT molecular complexity index is 653. The summed E-state index contributed by atoms with van der Waals surface area (Å²) in [5, 5.41) is 0. The van der Waals surface area contributed by atoms with E-state index in [-0.39, 0.29) is 5.95 Å². The van der Waals surface area contributed by atoms with E-state index in [1.807, 2.05) is 0 Å². The fourth-order valence-electron chi connectivity index (χ4n) is 1.73. The van der Waals surface area contributed by atoms with E-state index in [9.17, 15) is 4.79 Å². The molecular formula is C11H10N4O3. The van der Waals surface area contributed by atoms with Gasteiger partial charge < -0.3 is 15.2 Å². The number of nitrogens with two attached hydrogens (primary N) is 1. The van der Waals surface area contributed by atoms with Crippen LogP contribution in [0.1, 0.15) is 0 Å². The molecule has 0 atom stereocenters. The Balaban J connectivity index is 2.08. The minimum Gasteiger partial charge on any atom is -0.486 e. The van der Waals surface area contributed by atoms with Crippen LogP contribution >= 0.6 is 0 Å². The maximum absolute atomic E-state index is 11.2. The first-order chi connectivity index (χ1) is 8.72. The number of aromatic nitrogens is 3. The number of fused-ring (bicyclic) bond motifs is 1. The number of anilines is 1. The van der Waals surface area contributed by atoms with Crippen molar-refractivity contribution in [1.82, 2.24) is 15.0 Å². The zero-order valence-electron chi connectivity index (χ0n) is 9.34. The number of aromatic amines is 1. The Kier molecular flexibility index (Phi) is 2.36. The van der Waals surface area contributed by atoms with Gasteiger partial charge in [0.15, 0.2) is 11.5 Å². The van der Waals surface area contributed by atoms with Crippen LogP contribution in [0.25, 0.3) is 11.4 Å². The van der Waals surface area contributed by atoms with E-state index < -0.39 is 5.69 Å². The van der Waals surface area contributed by atoms with Gasteiger partial charge in [0.2, 0.25) is 5.95 Å². The summed E-state index contributed by atoms with van der Waals surface area (Å²) >= 11 is 0. The molecule has 0 saturated heterocycles. The molecule has 0 fully saturated rings. The highest BCUT2D eigenvalue weighted by molar-refractivity contribution is 5.61. The summed E-state index contributed by atoms with van der Waals surface area (Å²) in [5.74, 6) is 1.58. The largest absolute Gasteiger partial charge is 0.486 e. The van der Waals surface area contributed by atoms with Crippen LogP contribution in [0.4, 0.5) is 5.95 Å². The van der Waals surface area contributed by atoms with E-state index in [1.165, 1.54) is 0 Å². The number of nitrogens with one attached hydrogen (secondary N) is 1. The SMILES string of the molecule is Nc1nc(-c2ccc3c(c2)OCCO3)[nH]c(=O)n1. The molecule has 1 aromatic carbocycles. The van der Waals surface area contributed by atoms with Gasteiger partial charge in [-0.3, -0.25) is 4.98 Å². The molecular weight excluding hydrogens is 236 g/mol. The molecule has 7 heteroatoms. The van der Waals surface area contributed by atoms with Crippen LogP contribution < -0.4 is 20.9 Å². The number of benzene rings is 1. The van der Waals surface area contributed by atoms with E-state index in [1.54, 1.807) is 18.2 Å². The average Bonchev–Trinajstić information content (AvgIpc) is 2.37. The first kappa shape index (κ1) is 10.6. The molecule has 0 amide bonds. The van der Waals surface area contributed by atoms with Gasteiger partial charge in [-0.2, -0.15) is 9.97 Å². The summed E-state index contributed by atoms with van der Waals surface area (Å²) in [6.45, 7) is 1.03. The van der Waals surface area contributed by atoms with E-state index in [4.69, 9.17) is 15.2 Å². The Hall–Kier alpha value is -2.57. The van der Waals surface area contributed by atoms with E-state index >= 15 is 0 Å². The highest BCUT2D eigenvalue weighted by Gasteiger charge is 2.13. The highest BCUT2D eigenvalue weighted by Crippen LogP contribution is 2.33. The van der Waals surface area contributed by atoms with Crippen molar-refractivity contribution in [2.45, 2.75) is 0 Å². The predicted octanol–water partition coefficient (Wildman–Crippen LogP) is 0.185. The van der Waals surface area contributed by atoms with Gasteiger partial charge in [-0.1, -0.05) is 0 Å². The smallest absolute Gasteiger partial charge is 0.349 e. The fourth-order valence-corrected chi connectivity index (χ4v) is 1.73. The minimum absolute atomic E-state index is 0.0661. The van der Waals surface area contributed by atoms with Crippen molar-refractivity contribution in [3.05, 3.63) is 28.7 Å². The fraction of sp³-hybridized carbons (Fsp3) is 0.182. The lowest BCUT2D eigenvalue weighted by molar-refractivity contribution is 0.171. The Morgan fingerprint density at radius 2 is 1.94 bits per heavy atom. The first-order valence-electron chi connectivity index (χ1n) is 5.36. The molecule has 92 valence electrons. The lowest BCUT2D eigenvalue weighted by Gasteiger charge is -2.18. The van der Waals surface area contributed by atoms with Crippen molar-refractivity contribution in [3.63, 3.8) is 0 Å². The molecule has 1 aliphatic heterocycles. The van der Waals surface area contributed by atoms with Gasteiger partial charge in [0.05, 0.1) is 0 Å². The van der Waals surface area contributed by atoms with Gasteiger partial charge in [0.25, 0.3) is 0 Å². The van der Waals surface area contributed by atoms with Crippen LogP contribution in [-0.2, 0) is 0 Å². The Morgan fingerprint density at radius 1 is 1.17 bits per heavy atom. The summed E-state index contributed by atoms with van der Waals surface area (Å²) in [6, 6.07) is 5.28. The molecule has 0 unspecified atom stereocenters. The van der Waals surface area contributed by atoms with Gasteiger partial charge in [-0.15, -0.1) is 0 Å². The number of nitrogen functional groups attached to an aromatic ring is 1. The van der Waals surface area contributed by atoms with Gasteiger partial charge in [-0.25, -0.2) is 4.79 Å². The molecule has 1 aliphatic rings. The third-order valence-corrected chi connectivity index (χ3v) is 2.48. The average molecular weight is 246 g/mol. The maximum atomic E-state index is 11.2. The quantitative estimate of drug-likeness (QED) is 0.744. The molecule has 1 aromatic heterocycles. The van der Waals surface area contributed by atoms with Crippen molar-refractivity contribution in [3.8, 4) is 22.9 Å². The highest BCUT2D eigenvalue weighted by atomic mass is 16.6. The Labute approximate surface area is 102 Å². The molecule has 2 aromatic rings. The van der Waals surface area contributed by atoms with E-state index in [0.717, 1.165) is 0 Å². The molecule has 0 spiro atoms. The zero-order valence-corrected chi connectivity index (χ0v) is 9.34. The predicted molar refractivity (Wildman–Crippen MR) is 63.5 cm³/mol. The Morgan fingerprint density at radius 3 is 2.72 bits per heavy atom. The van der Waals surface area contributed by atoms with E-state index in [2.05, 4.69) is 15.0 Å². The number of rotatable bonds is 1. The molecule has 2 heterocycles. The van der Waals surface area contributed by atoms with Gasteiger partial charge in [0, 0.05) is 5.56 Å². The summed E-state index contributed by atoms with van der Waals surface area (Å²) in [7, 11) is 0. The van der Waals surface area contributed by atoms with Gasteiger partial charge in [0.1, 0.15) is 19.0 Å². The molecule has 7 nitrogen and oxygen atoms in total. The lowest BCUT2D eigenvalue weighted by atomic mass is 10.2. The number of hydrogen-bond donors (Lipinski definition) is 2. The second kappa shape index (κ2) is 4.02. The second-order valence-corrected chi connectivity index (χ2v) is 3.72. The second-order valence-electron chi connectivity index (χ2n) is 3.72. The zero-order chi connectivity index (χ0) is 12.5. The number of ether oxygens (including phenoxy) is 2. The van der Waals surface area contributed by atoms with Crippen molar-refractivity contribution in [2.24, 2.45) is 0 Å². The number of H-pyrrole nitrogens is 1. The standard InChI is InChI=1S/C11H10N4O3/c12-10-13-9(14-11(16)15-10)6-1-2-7-8(5-6)18-4-3-17-7/h1-2,5H,3-4H2,(H3,12,13,14,15,16). The van der Waals surface area contributed by atoms with Crippen LogP contribution in [0.5, 0.6) is 11.5 Å². The monoisotopic (exact) mass is 246 g/mol. The summed E-state index contributed by atoms with van der Waals surface area (Å²) in [5.41, 5.74) is 5.59. The molecule has 0 aliphatic carbocycles. The van der Waals surface area contributed by atoms with Crippen molar-refractivity contribution in [1.29, 1.82) is 0 Å². The maximum Gasteiger partial charge on any atom is 0.349 e. The number of nitrogens with zero attached hydrogens (tertiary/aromatic N) is 2. The topological polar surface area (TPSA) is 103 Å². The molecule has 0 saturated carbocycles. The molecule has 0 bridgehead atoms. The molecule has 18 heavy (non-hydrogen) atoms. The van der Waals surface area contributed by atoms with Crippen LogP contribution in [0.15, 0.2) is 23.0 Å². The van der Waals surface area contributed by atoms with Gasteiger partial charge >= 0.3 is 5.69 Å².